The molecule has 0 unspecified atom stereocenters. The third kappa shape index (κ3) is 3.00. The van der Waals surface area contributed by atoms with E-state index < -0.39 is 0 Å². The van der Waals surface area contributed by atoms with Crippen LogP contribution in [0.15, 0.2) is 43.0 Å². The molecule has 0 radical (unpaired) electrons. The van der Waals surface area contributed by atoms with Crippen molar-refractivity contribution in [2.45, 2.75) is 19.8 Å². The van der Waals surface area contributed by atoms with Gasteiger partial charge < -0.3 is 14.4 Å². The molecule has 2 aromatic carbocycles. The number of carbonyl (C=O) groups is 1. The summed E-state index contributed by atoms with van der Waals surface area (Å²) in [5.41, 5.74) is 4.87. The van der Waals surface area contributed by atoms with E-state index in [1.54, 1.807) is 26.4 Å². The lowest BCUT2D eigenvalue weighted by atomic mass is 10.0. The first-order valence-corrected chi connectivity index (χ1v) is 8.36. The van der Waals surface area contributed by atoms with E-state index in [4.69, 9.17) is 9.47 Å². The average Bonchev–Trinajstić information content (AvgIpc) is 3.06. The number of anilines is 1. The lowest BCUT2D eigenvalue weighted by Gasteiger charge is -2.21. The van der Waals surface area contributed by atoms with E-state index in [0.29, 0.717) is 30.0 Å². The fourth-order valence-corrected chi connectivity index (χ4v) is 3.48. The van der Waals surface area contributed by atoms with E-state index in [9.17, 15) is 4.79 Å². The van der Waals surface area contributed by atoms with Crippen molar-refractivity contribution in [1.82, 2.24) is 0 Å². The van der Waals surface area contributed by atoms with Crippen LogP contribution in [0.4, 0.5) is 5.69 Å². The molecule has 1 heterocycles. The highest BCUT2D eigenvalue weighted by Crippen LogP contribution is 2.36. The first-order valence-electron chi connectivity index (χ1n) is 8.36. The number of methoxy groups -OCH3 is 2. The Kier molecular flexibility index (Phi) is 4.79. The highest BCUT2D eigenvalue weighted by atomic mass is 16.5. The van der Waals surface area contributed by atoms with E-state index >= 15 is 0 Å². The van der Waals surface area contributed by atoms with Crippen molar-refractivity contribution in [3.63, 3.8) is 0 Å². The van der Waals surface area contributed by atoms with Gasteiger partial charge in [-0.1, -0.05) is 24.3 Å². The highest BCUT2D eigenvalue weighted by molar-refractivity contribution is 6.08. The normalized spacial score (nSPS) is 12.7. The Bertz CT molecular complexity index is 826. The Hall–Kier alpha value is -2.75. The number of benzene rings is 2. The topological polar surface area (TPSA) is 38.8 Å². The zero-order valence-electron chi connectivity index (χ0n) is 15.0. The van der Waals surface area contributed by atoms with Gasteiger partial charge in [0.15, 0.2) is 11.5 Å². The van der Waals surface area contributed by atoms with Gasteiger partial charge >= 0.3 is 0 Å². The summed E-state index contributed by atoms with van der Waals surface area (Å²) in [7, 11) is 3.19. The van der Waals surface area contributed by atoms with Crippen LogP contribution in [0, 0.1) is 6.92 Å². The molecule has 0 aliphatic carbocycles. The van der Waals surface area contributed by atoms with Gasteiger partial charge in [-0.2, -0.15) is 0 Å². The number of amides is 1. The first-order chi connectivity index (χ1) is 12.1. The summed E-state index contributed by atoms with van der Waals surface area (Å²) < 4.78 is 10.9. The van der Waals surface area contributed by atoms with E-state index in [1.807, 2.05) is 30.0 Å². The fraction of sp³-hybridized carbons (Fsp3) is 0.286. The monoisotopic (exact) mass is 337 g/mol. The zero-order chi connectivity index (χ0) is 18.0. The number of carbonyl (C=O) groups excluding carboxylic acids is 1. The van der Waals surface area contributed by atoms with Gasteiger partial charge in [-0.3, -0.25) is 4.79 Å². The van der Waals surface area contributed by atoms with Crippen LogP contribution in [-0.2, 0) is 12.8 Å². The van der Waals surface area contributed by atoms with Crippen LogP contribution in [0.25, 0.3) is 0 Å². The SMILES string of the molecule is C=CCc1cc(C(=O)N2CCc3cccc(C)c32)cc(OC)c1OC. The molecule has 0 spiro atoms. The van der Waals surface area contributed by atoms with Crippen LogP contribution in [-0.4, -0.2) is 26.7 Å². The van der Waals surface area contributed by atoms with Crippen molar-refractivity contribution >= 4 is 11.6 Å². The van der Waals surface area contributed by atoms with Gasteiger partial charge in [0, 0.05) is 17.7 Å². The van der Waals surface area contributed by atoms with Crippen molar-refractivity contribution in [2.24, 2.45) is 0 Å². The molecule has 130 valence electrons. The number of allylic oxidation sites excluding steroid dienone is 1. The highest BCUT2D eigenvalue weighted by Gasteiger charge is 2.28. The van der Waals surface area contributed by atoms with E-state index in [1.165, 1.54) is 5.56 Å². The van der Waals surface area contributed by atoms with Crippen molar-refractivity contribution < 1.29 is 14.3 Å². The minimum absolute atomic E-state index is 0.0145. The summed E-state index contributed by atoms with van der Waals surface area (Å²) in [4.78, 5) is 15.1. The minimum atomic E-state index is -0.0145. The Morgan fingerprint density at radius 2 is 2.08 bits per heavy atom. The van der Waals surface area contributed by atoms with Gasteiger partial charge in [-0.15, -0.1) is 6.58 Å². The van der Waals surface area contributed by atoms with Crippen LogP contribution in [0.2, 0.25) is 0 Å². The molecular weight excluding hydrogens is 314 g/mol. The number of para-hydroxylation sites is 1. The number of nitrogens with zero attached hydrogens (tertiary/aromatic N) is 1. The van der Waals surface area contributed by atoms with Crippen molar-refractivity contribution in [2.75, 3.05) is 25.7 Å². The molecule has 0 N–H and O–H groups in total. The van der Waals surface area contributed by atoms with Crippen LogP contribution in [0.1, 0.15) is 27.0 Å². The quantitative estimate of drug-likeness (QED) is 0.776. The van der Waals surface area contributed by atoms with Crippen LogP contribution < -0.4 is 14.4 Å². The number of fused-ring (bicyclic) bond motifs is 1. The molecule has 0 bridgehead atoms. The molecule has 1 amide bonds. The first kappa shape index (κ1) is 17.1. The number of hydrogen-bond donors (Lipinski definition) is 0. The van der Waals surface area contributed by atoms with E-state index in [-0.39, 0.29) is 5.91 Å². The third-order valence-electron chi connectivity index (χ3n) is 4.61. The molecule has 0 aromatic heterocycles. The Balaban J connectivity index is 2.04. The summed E-state index contributed by atoms with van der Waals surface area (Å²) in [6, 6.07) is 9.81. The smallest absolute Gasteiger partial charge is 0.258 e. The number of ether oxygens (including phenoxy) is 2. The summed E-state index contributed by atoms with van der Waals surface area (Å²) in [5, 5.41) is 0. The minimum Gasteiger partial charge on any atom is -0.493 e. The molecule has 3 rings (SSSR count). The second-order valence-electron chi connectivity index (χ2n) is 6.15. The molecule has 1 aliphatic rings. The second-order valence-corrected chi connectivity index (χ2v) is 6.15. The Morgan fingerprint density at radius 3 is 2.76 bits per heavy atom. The summed E-state index contributed by atoms with van der Waals surface area (Å²) in [6.45, 7) is 6.53. The predicted octanol–water partition coefficient (Wildman–Crippen LogP) is 3.94. The fourth-order valence-electron chi connectivity index (χ4n) is 3.48. The van der Waals surface area contributed by atoms with Crippen LogP contribution >= 0.6 is 0 Å². The van der Waals surface area contributed by atoms with Gasteiger partial charge in [-0.25, -0.2) is 0 Å². The maximum Gasteiger partial charge on any atom is 0.258 e. The molecule has 2 aromatic rings. The molecule has 0 saturated carbocycles. The Morgan fingerprint density at radius 1 is 1.28 bits per heavy atom. The molecule has 1 aliphatic heterocycles. The summed E-state index contributed by atoms with van der Waals surface area (Å²) in [6.07, 6.45) is 3.28. The molecule has 0 saturated heterocycles. The van der Waals surface area contributed by atoms with E-state index in [2.05, 4.69) is 12.6 Å². The molecule has 0 atom stereocenters. The standard InChI is InChI=1S/C21H23NO3/c1-5-7-16-12-17(13-18(24-3)20(16)25-4)21(23)22-11-10-15-9-6-8-14(2)19(15)22/h5-6,8-9,12-13H,1,7,10-11H2,2-4H3. The van der Waals surface area contributed by atoms with Crippen LogP contribution in [0.5, 0.6) is 11.5 Å². The molecule has 4 heteroatoms. The van der Waals surface area contributed by atoms with Gasteiger partial charge in [0.1, 0.15) is 0 Å². The zero-order valence-corrected chi connectivity index (χ0v) is 15.0. The van der Waals surface area contributed by atoms with Crippen molar-refractivity contribution in [3.8, 4) is 11.5 Å². The van der Waals surface area contributed by atoms with Crippen molar-refractivity contribution in [3.05, 3.63) is 65.2 Å². The third-order valence-corrected chi connectivity index (χ3v) is 4.61. The molecule has 25 heavy (non-hydrogen) atoms. The number of aryl methyl sites for hydroxylation is 1. The van der Waals surface area contributed by atoms with Gasteiger partial charge in [0.2, 0.25) is 0 Å². The number of rotatable bonds is 5. The lowest BCUT2D eigenvalue weighted by Crippen LogP contribution is -2.29. The predicted molar refractivity (Wildman–Crippen MR) is 100 cm³/mol. The maximum atomic E-state index is 13.2. The summed E-state index contributed by atoms with van der Waals surface area (Å²) >= 11 is 0. The molecular formula is C21H23NO3. The maximum absolute atomic E-state index is 13.2. The lowest BCUT2D eigenvalue weighted by molar-refractivity contribution is 0.0988. The Labute approximate surface area is 148 Å². The van der Waals surface area contributed by atoms with Gasteiger partial charge in [-0.05, 0) is 43.0 Å². The number of hydrogen-bond acceptors (Lipinski definition) is 3. The van der Waals surface area contributed by atoms with Crippen LogP contribution in [0.3, 0.4) is 0 Å². The van der Waals surface area contributed by atoms with E-state index in [0.717, 1.165) is 23.2 Å². The summed E-state index contributed by atoms with van der Waals surface area (Å²) in [5.74, 6) is 1.20. The molecule has 0 fully saturated rings. The van der Waals surface area contributed by atoms with Crippen molar-refractivity contribution in [1.29, 1.82) is 0 Å². The average molecular weight is 337 g/mol. The second kappa shape index (κ2) is 7.01. The van der Waals surface area contributed by atoms with Gasteiger partial charge in [0.05, 0.1) is 19.9 Å². The van der Waals surface area contributed by atoms with Gasteiger partial charge in [0.25, 0.3) is 5.91 Å². The largest absolute Gasteiger partial charge is 0.493 e. The molecule has 4 nitrogen and oxygen atoms in total.